The lowest BCUT2D eigenvalue weighted by atomic mass is 10.2. The van der Waals surface area contributed by atoms with Crippen molar-refractivity contribution in [3.63, 3.8) is 0 Å². The van der Waals surface area contributed by atoms with E-state index in [1.165, 1.54) is 0 Å². The van der Waals surface area contributed by atoms with Gasteiger partial charge in [0.25, 0.3) is 5.91 Å². The number of carbonyl (C=O) groups is 1. The molecule has 1 N–H and O–H groups in total. The van der Waals surface area contributed by atoms with Gasteiger partial charge in [0, 0.05) is 15.2 Å². The van der Waals surface area contributed by atoms with Crippen LogP contribution in [0.15, 0.2) is 66.9 Å². The van der Waals surface area contributed by atoms with Crippen LogP contribution < -0.4 is 5.32 Å². The Kier molecular flexibility index (Phi) is 4.53. The second-order valence-electron chi connectivity index (χ2n) is 4.82. The third-order valence-electron chi connectivity index (χ3n) is 3.22. The zero-order chi connectivity index (χ0) is 15.4. The maximum Gasteiger partial charge on any atom is 0.256 e. The molecule has 3 rings (SSSR count). The molecule has 0 aliphatic heterocycles. The lowest BCUT2D eigenvalue weighted by Gasteiger charge is -2.09. The minimum atomic E-state index is -0.131. The summed E-state index contributed by atoms with van der Waals surface area (Å²) in [6, 6.07) is 19.3. The van der Waals surface area contributed by atoms with Gasteiger partial charge >= 0.3 is 0 Å². The maximum atomic E-state index is 12.3. The maximum absolute atomic E-state index is 12.3. The summed E-state index contributed by atoms with van der Waals surface area (Å²) in [5.74, 6) is 0.557. The van der Waals surface area contributed by atoms with Crippen LogP contribution in [0.1, 0.15) is 15.9 Å². The van der Waals surface area contributed by atoms with E-state index in [4.69, 9.17) is 0 Å². The van der Waals surface area contributed by atoms with Crippen LogP contribution in [0.5, 0.6) is 0 Å². The molecular formula is C17H14IN3O. The molecule has 1 aromatic heterocycles. The number of amides is 1. The summed E-state index contributed by atoms with van der Waals surface area (Å²) in [5.41, 5.74) is 1.77. The average molecular weight is 403 g/mol. The van der Waals surface area contributed by atoms with Gasteiger partial charge in [-0.05, 0) is 46.4 Å². The summed E-state index contributed by atoms with van der Waals surface area (Å²) >= 11 is 2.19. The van der Waals surface area contributed by atoms with Gasteiger partial charge < -0.3 is 5.32 Å². The molecule has 0 saturated heterocycles. The van der Waals surface area contributed by atoms with Crippen molar-refractivity contribution in [2.75, 3.05) is 5.32 Å². The van der Waals surface area contributed by atoms with Gasteiger partial charge in [0.05, 0.1) is 12.7 Å². The molecule has 1 amide bonds. The second-order valence-corrected chi connectivity index (χ2v) is 6.07. The molecule has 0 fully saturated rings. The van der Waals surface area contributed by atoms with Gasteiger partial charge in [-0.15, -0.1) is 0 Å². The van der Waals surface area contributed by atoms with Crippen LogP contribution in [0.3, 0.4) is 0 Å². The molecule has 2 aromatic carbocycles. The van der Waals surface area contributed by atoms with Gasteiger partial charge in [0.1, 0.15) is 5.82 Å². The molecule has 5 heteroatoms. The molecule has 0 aliphatic carbocycles. The highest BCUT2D eigenvalue weighted by Crippen LogP contribution is 2.13. The third kappa shape index (κ3) is 3.54. The SMILES string of the molecule is O=C(Nc1ccnn1Cc1ccccc1)c1cccc(I)c1. The highest BCUT2D eigenvalue weighted by atomic mass is 127. The molecule has 0 saturated carbocycles. The van der Waals surface area contributed by atoms with Crippen LogP contribution in [0.25, 0.3) is 0 Å². The Morgan fingerprint density at radius 3 is 2.68 bits per heavy atom. The fraction of sp³-hybridized carbons (Fsp3) is 0.0588. The molecular weight excluding hydrogens is 389 g/mol. The van der Waals surface area contributed by atoms with Crippen molar-refractivity contribution < 1.29 is 4.79 Å². The van der Waals surface area contributed by atoms with E-state index in [1.807, 2.05) is 48.5 Å². The molecule has 0 atom stereocenters. The van der Waals surface area contributed by atoms with Crippen molar-refractivity contribution >= 4 is 34.3 Å². The Balaban J connectivity index is 1.76. The fourth-order valence-corrected chi connectivity index (χ4v) is 2.68. The lowest BCUT2D eigenvalue weighted by molar-refractivity contribution is 0.102. The van der Waals surface area contributed by atoms with Crippen molar-refractivity contribution in [3.05, 3.63) is 81.6 Å². The molecule has 22 heavy (non-hydrogen) atoms. The standard InChI is InChI=1S/C17H14IN3O/c18-15-8-4-7-14(11-15)17(22)20-16-9-10-19-21(16)12-13-5-2-1-3-6-13/h1-11H,12H2,(H,20,22). The number of anilines is 1. The van der Waals surface area contributed by atoms with Gasteiger partial charge in [-0.25, -0.2) is 4.68 Å². The number of aromatic nitrogens is 2. The summed E-state index contributed by atoms with van der Waals surface area (Å²) in [6.07, 6.45) is 1.69. The molecule has 3 aromatic rings. The Morgan fingerprint density at radius 2 is 1.91 bits per heavy atom. The second kappa shape index (κ2) is 6.74. The predicted molar refractivity (Wildman–Crippen MR) is 94.9 cm³/mol. The van der Waals surface area contributed by atoms with Crippen LogP contribution in [0.2, 0.25) is 0 Å². The quantitative estimate of drug-likeness (QED) is 0.674. The molecule has 1 heterocycles. The van der Waals surface area contributed by atoms with Crippen molar-refractivity contribution in [2.24, 2.45) is 0 Å². The number of hydrogen-bond donors (Lipinski definition) is 1. The third-order valence-corrected chi connectivity index (χ3v) is 3.89. The van der Waals surface area contributed by atoms with Crippen LogP contribution in [-0.4, -0.2) is 15.7 Å². The summed E-state index contributed by atoms with van der Waals surface area (Å²) in [4.78, 5) is 12.3. The van der Waals surface area contributed by atoms with Crippen LogP contribution in [0, 0.1) is 3.57 Å². The number of hydrogen-bond acceptors (Lipinski definition) is 2. The minimum absolute atomic E-state index is 0.131. The smallest absolute Gasteiger partial charge is 0.256 e. The molecule has 110 valence electrons. The monoisotopic (exact) mass is 403 g/mol. The first-order valence-corrected chi connectivity index (χ1v) is 7.93. The number of halogens is 1. The first-order valence-electron chi connectivity index (χ1n) is 6.85. The zero-order valence-corrected chi connectivity index (χ0v) is 13.9. The lowest BCUT2D eigenvalue weighted by Crippen LogP contribution is -2.16. The van der Waals surface area contributed by atoms with Crippen molar-refractivity contribution in [1.29, 1.82) is 0 Å². The number of benzene rings is 2. The average Bonchev–Trinajstić information content (AvgIpc) is 2.95. The van der Waals surface area contributed by atoms with E-state index in [1.54, 1.807) is 23.0 Å². The summed E-state index contributed by atoms with van der Waals surface area (Å²) in [7, 11) is 0. The van der Waals surface area contributed by atoms with Gasteiger partial charge in [-0.1, -0.05) is 36.4 Å². The summed E-state index contributed by atoms with van der Waals surface area (Å²) in [6.45, 7) is 0.621. The van der Waals surface area contributed by atoms with E-state index >= 15 is 0 Å². The van der Waals surface area contributed by atoms with Crippen LogP contribution in [-0.2, 0) is 6.54 Å². The Bertz CT molecular complexity index is 783. The number of carbonyl (C=O) groups excluding carboxylic acids is 1. The van der Waals surface area contributed by atoms with Crippen molar-refractivity contribution in [3.8, 4) is 0 Å². The highest BCUT2D eigenvalue weighted by Gasteiger charge is 2.10. The van der Waals surface area contributed by atoms with E-state index in [2.05, 4.69) is 33.0 Å². The Morgan fingerprint density at radius 1 is 1.09 bits per heavy atom. The van der Waals surface area contributed by atoms with Crippen molar-refractivity contribution in [1.82, 2.24) is 9.78 Å². The normalized spacial score (nSPS) is 10.4. The number of nitrogens with zero attached hydrogens (tertiary/aromatic N) is 2. The topological polar surface area (TPSA) is 46.9 Å². The predicted octanol–water partition coefficient (Wildman–Crippen LogP) is 3.79. The Hall–Kier alpha value is -2.15. The van der Waals surface area contributed by atoms with Gasteiger partial charge in [0.2, 0.25) is 0 Å². The number of nitrogens with one attached hydrogen (secondary N) is 1. The molecule has 0 unspecified atom stereocenters. The Labute approximate surface area is 142 Å². The zero-order valence-electron chi connectivity index (χ0n) is 11.7. The van der Waals surface area contributed by atoms with Crippen LogP contribution >= 0.6 is 22.6 Å². The molecule has 0 spiro atoms. The van der Waals surface area contributed by atoms with E-state index < -0.39 is 0 Å². The summed E-state index contributed by atoms with van der Waals surface area (Å²) in [5, 5.41) is 7.19. The largest absolute Gasteiger partial charge is 0.307 e. The molecule has 0 bridgehead atoms. The van der Waals surface area contributed by atoms with Gasteiger partial charge in [0.15, 0.2) is 0 Å². The van der Waals surface area contributed by atoms with E-state index in [0.29, 0.717) is 17.9 Å². The summed E-state index contributed by atoms with van der Waals surface area (Å²) < 4.78 is 2.81. The van der Waals surface area contributed by atoms with Gasteiger partial charge in [-0.3, -0.25) is 4.79 Å². The van der Waals surface area contributed by atoms with Crippen molar-refractivity contribution in [2.45, 2.75) is 6.54 Å². The van der Waals surface area contributed by atoms with Gasteiger partial charge in [-0.2, -0.15) is 5.10 Å². The van der Waals surface area contributed by atoms with E-state index in [0.717, 1.165) is 9.13 Å². The first-order chi connectivity index (χ1) is 10.7. The molecule has 0 radical (unpaired) electrons. The molecule has 0 aliphatic rings. The molecule has 4 nitrogen and oxygen atoms in total. The minimum Gasteiger partial charge on any atom is -0.307 e. The number of rotatable bonds is 4. The highest BCUT2D eigenvalue weighted by molar-refractivity contribution is 14.1. The fourth-order valence-electron chi connectivity index (χ4n) is 2.14. The van der Waals surface area contributed by atoms with Crippen LogP contribution in [0.4, 0.5) is 5.82 Å². The van der Waals surface area contributed by atoms with E-state index in [-0.39, 0.29) is 5.91 Å². The van der Waals surface area contributed by atoms with E-state index in [9.17, 15) is 4.79 Å². The first kappa shape index (κ1) is 14.8.